The molecule has 1 atom stereocenters. The fourth-order valence-electron chi connectivity index (χ4n) is 2.33. The first kappa shape index (κ1) is 14.1. The van der Waals surface area contributed by atoms with Gasteiger partial charge in [0.2, 0.25) is 0 Å². The zero-order chi connectivity index (χ0) is 13.8. The predicted molar refractivity (Wildman–Crippen MR) is 85.5 cm³/mol. The average molecular weight is 319 g/mol. The van der Waals surface area contributed by atoms with Gasteiger partial charge in [-0.1, -0.05) is 46.3 Å². The third-order valence-corrected chi connectivity index (χ3v) is 3.97. The number of nitrogens with two attached hydrogens (primary N) is 1. The van der Waals surface area contributed by atoms with Gasteiger partial charge in [0.1, 0.15) is 0 Å². The van der Waals surface area contributed by atoms with Gasteiger partial charge in [0.15, 0.2) is 0 Å². The van der Waals surface area contributed by atoms with Crippen molar-refractivity contribution >= 4 is 21.6 Å². The van der Waals surface area contributed by atoms with Gasteiger partial charge in [-0.25, -0.2) is 0 Å². The molecule has 0 fully saturated rings. The van der Waals surface area contributed by atoms with Gasteiger partial charge < -0.3 is 10.6 Å². The Hall–Kier alpha value is -1.32. The Labute approximate surface area is 123 Å². The van der Waals surface area contributed by atoms with E-state index in [-0.39, 0.29) is 6.04 Å². The maximum atomic E-state index is 5.98. The highest BCUT2D eigenvalue weighted by Gasteiger charge is 2.16. The maximum Gasteiger partial charge on any atom is 0.0661 e. The first-order valence-electron chi connectivity index (χ1n) is 6.37. The Morgan fingerprint density at radius 3 is 2.32 bits per heavy atom. The van der Waals surface area contributed by atoms with Crippen LogP contribution in [0, 0.1) is 6.92 Å². The minimum atomic E-state index is 0.189. The van der Waals surface area contributed by atoms with Crippen molar-refractivity contribution in [2.75, 3.05) is 18.5 Å². The van der Waals surface area contributed by atoms with Crippen molar-refractivity contribution < 1.29 is 0 Å². The molecule has 0 bridgehead atoms. The molecule has 0 aliphatic carbocycles. The van der Waals surface area contributed by atoms with E-state index < -0.39 is 0 Å². The SMILES string of the molecule is Cc1ccccc1N(C)C(CN)c1ccc(Br)cc1. The summed E-state index contributed by atoms with van der Waals surface area (Å²) in [5.74, 6) is 0. The minimum Gasteiger partial charge on any atom is -0.366 e. The molecular weight excluding hydrogens is 300 g/mol. The topological polar surface area (TPSA) is 29.3 Å². The molecule has 0 aliphatic rings. The highest BCUT2D eigenvalue weighted by Crippen LogP contribution is 2.28. The highest BCUT2D eigenvalue weighted by atomic mass is 79.9. The lowest BCUT2D eigenvalue weighted by molar-refractivity contribution is 0.679. The van der Waals surface area contributed by atoms with Gasteiger partial charge in [-0.2, -0.15) is 0 Å². The van der Waals surface area contributed by atoms with Crippen LogP contribution in [0.15, 0.2) is 53.0 Å². The monoisotopic (exact) mass is 318 g/mol. The van der Waals surface area contributed by atoms with Crippen molar-refractivity contribution in [1.82, 2.24) is 0 Å². The second-order valence-electron chi connectivity index (χ2n) is 4.70. The number of para-hydroxylation sites is 1. The molecule has 2 nitrogen and oxygen atoms in total. The quantitative estimate of drug-likeness (QED) is 0.926. The third kappa shape index (κ3) is 3.17. The van der Waals surface area contributed by atoms with Crippen LogP contribution >= 0.6 is 15.9 Å². The maximum absolute atomic E-state index is 5.98. The fraction of sp³-hybridized carbons (Fsp3) is 0.250. The normalized spacial score (nSPS) is 12.2. The van der Waals surface area contributed by atoms with Crippen LogP contribution in [0.2, 0.25) is 0 Å². The molecule has 2 aromatic carbocycles. The van der Waals surface area contributed by atoms with E-state index in [0.29, 0.717) is 6.54 Å². The van der Waals surface area contributed by atoms with E-state index >= 15 is 0 Å². The van der Waals surface area contributed by atoms with Crippen LogP contribution in [0.3, 0.4) is 0 Å². The summed E-state index contributed by atoms with van der Waals surface area (Å²) < 4.78 is 1.09. The average Bonchev–Trinajstić information content (AvgIpc) is 2.42. The molecule has 2 N–H and O–H groups in total. The van der Waals surface area contributed by atoms with Gasteiger partial charge >= 0.3 is 0 Å². The largest absolute Gasteiger partial charge is 0.366 e. The van der Waals surface area contributed by atoms with E-state index in [4.69, 9.17) is 5.73 Å². The second kappa shape index (κ2) is 6.22. The number of rotatable bonds is 4. The van der Waals surface area contributed by atoms with Gasteiger partial charge in [-0.05, 0) is 36.2 Å². The number of benzene rings is 2. The second-order valence-corrected chi connectivity index (χ2v) is 5.62. The van der Waals surface area contributed by atoms with Crippen molar-refractivity contribution in [3.05, 3.63) is 64.1 Å². The summed E-state index contributed by atoms with van der Waals surface area (Å²) in [4.78, 5) is 2.25. The molecule has 2 rings (SSSR count). The molecule has 0 saturated heterocycles. The Morgan fingerprint density at radius 1 is 1.11 bits per heavy atom. The van der Waals surface area contributed by atoms with Gasteiger partial charge in [-0.3, -0.25) is 0 Å². The van der Waals surface area contributed by atoms with Crippen LogP contribution in [-0.4, -0.2) is 13.6 Å². The number of aryl methyl sites for hydroxylation is 1. The molecule has 19 heavy (non-hydrogen) atoms. The first-order valence-corrected chi connectivity index (χ1v) is 7.16. The van der Waals surface area contributed by atoms with E-state index in [9.17, 15) is 0 Å². The summed E-state index contributed by atoms with van der Waals surface area (Å²) in [5, 5.41) is 0. The number of nitrogens with zero attached hydrogens (tertiary/aromatic N) is 1. The van der Waals surface area contributed by atoms with Gasteiger partial charge in [0.25, 0.3) is 0 Å². The van der Waals surface area contributed by atoms with Crippen LogP contribution in [0.25, 0.3) is 0 Å². The van der Waals surface area contributed by atoms with Gasteiger partial charge in [0.05, 0.1) is 6.04 Å². The Kier molecular flexibility index (Phi) is 4.61. The molecule has 1 unspecified atom stereocenters. The molecule has 0 aliphatic heterocycles. The van der Waals surface area contributed by atoms with Crippen molar-refractivity contribution in [3.8, 4) is 0 Å². The number of anilines is 1. The third-order valence-electron chi connectivity index (χ3n) is 3.44. The van der Waals surface area contributed by atoms with E-state index in [2.05, 4.69) is 83.3 Å². The van der Waals surface area contributed by atoms with Crippen LogP contribution in [0.1, 0.15) is 17.2 Å². The Morgan fingerprint density at radius 2 is 1.74 bits per heavy atom. The number of hydrogen-bond acceptors (Lipinski definition) is 2. The lowest BCUT2D eigenvalue weighted by atomic mass is 10.0. The Balaban J connectivity index is 2.32. The summed E-state index contributed by atoms with van der Waals surface area (Å²) in [6.45, 7) is 2.72. The zero-order valence-electron chi connectivity index (χ0n) is 11.3. The molecule has 0 heterocycles. The summed E-state index contributed by atoms with van der Waals surface area (Å²) in [6.07, 6.45) is 0. The smallest absolute Gasteiger partial charge is 0.0661 e. The molecule has 100 valence electrons. The summed E-state index contributed by atoms with van der Waals surface area (Å²) >= 11 is 3.47. The molecule has 0 aromatic heterocycles. The highest BCUT2D eigenvalue weighted by molar-refractivity contribution is 9.10. The van der Waals surface area contributed by atoms with Gasteiger partial charge in [-0.15, -0.1) is 0 Å². The van der Waals surface area contributed by atoms with Crippen molar-refractivity contribution in [3.63, 3.8) is 0 Å². The first-order chi connectivity index (χ1) is 9.13. The van der Waals surface area contributed by atoms with E-state index in [1.54, 1.807) is 0 Å². The van der Waals surface area contributed by atoms with Crippen LogP contribution < -0.4 is 10.6 Å². The summed E-state index contributed by atoms with van der Waals surface area (Å²) in [7, 11) is 2.10. The molecule has 0 radical (unpaired) electrons. The predicted octanol–water partition coefficient (Wildman–Crippen LogP) is 3.89. The zero-order valence-corrected chi connectivity index (χ0v) is 12.9. The van der Waals surface area contributed by atoms with E-state index in [1.165, 1.54) is 16.8 Å². The van der Waals surface area contributed by atoms with Crippen molar-refractivity contribution in [1.29, 1.82) is 0 Å². The van der Waals surface area contributed by atoms with Crippen LogP contribution in [0.4, 0.5) is 5.69 Å². The van der Waals surface area contributed by atoms with E-state index in [1.807, 2.05) is 0 Å². The van der Waals surface area contributed by atoms with E-state index in [0.717, 1.165) is 4.47 Å². The molecule has 0 spiro atoms. The fourth-order valence-corrected chi connectivity index (χ4v) is 2.59. The lowest BCUT2D eigenvalue weighted by Gasteiger charge is -2.30. The minimum absolute atomic E-state index is 0.189. The summed E-state index contributed by atoms with van der Waals surface area (Å²) in [6, 6.07) is 16.9. The lowest BCUT2D eigenvalue weighted by Crippen LogP contribution is -2.30. The molecular formula is C16H19BrN2. The number of hydrogen-bond donors (Lipinski definition) is 1. The Bertz CT molecular complexity index is 537. The van der Waals surface area contributed by atoms with Crippen molar-refractivity contribution in [2.24, 2.45) is 5.73 Å². The van der Waals surface area contributed by atoms with Crippen LogP contribution in [-0.2, 0) is 0 Å². The molecule has 0 amide bonds. The molecule has 2 aromatic rings. The van der Waals surface area contributed by atoms with Crippen molar-refractivity contribution in [2.45, 2.75) is 13.0 Å². The van der Waals surface area contributed by atoms with Gasteiger partial charge in [0, 0.05) is 23.8 Å². The summed E-state index contributed by atoms with van der Waals surface area (Å²) in [5.41, 5.74) is 9.70. The molecule has 3 heteroatoms. The number of likely N-dealkylation sites (N-methyl/N-ethyl adjacent to an activating group) is 1. The number of halogens is 1. The van der Waals surface area contributed by atoms with Crippen LogP contribution in [0.5, 0.6) is 0 Å². The standard InChI is InChI=1S/C16H19BrN2/c1-12-5-3-4-6-15(12)19(2)16(11-18)13-7-9-14(17)10-8-13/h3-10,16H,11,18H2,1-2H3. The molecule has 0 saturated carbocycles.